The molecule has 1 amide bonds. The van der Waals surface area contributed by atoms with E-state index in [1.807, 2.05) is 12.1 Å². The fraction of sp³-hybridized carbons (Fsp3) is 0.588. The van der Waals surface area contributed by atoms with Gasteiger partial charge in [0.1, 0.15) is 5.75 Å². The summed E-state index contributed by atoms with van der Waals surface area (Å²) < 4.78 is 5.66. The maximum Gasteiger partial charge on any atom is 0.222 e. The number of hydrogen-bond donors (Lipinski definition) is 1. The third-order valence-corrected chi connectivity index (χ3v) is 3.32. The van der Waals surface area contributed by atoms with Gasteiger partial charge in [0.15, 0.2) is 0 Å². The van der Waals surface area contributed by atoms with Crippen molar-refractivity contribution in [2.45, 2.75) is 39.2 Å². The lowest BCUT2D eigenvalue weighted by molar-refractivity contribution is -0.128. The number of carbonyl (C=O) groups excluding carboxylic acids is 1. The van der Waals surface area contributed by atoms with Crippen LogP contribution in [0.5, 0.6) is 5.75 Å². The molecule has 0 spiro atoms. The predicted octanol–water partition coefficient (Wildman–Crippen LogP) is 2.47. The smallest absolute Gasteiger partial charge is 0.222 e. The zero-order valence-corrected chi connectivity index (χ0v) is 13.7. The Morgan fingerprint density at radius 1 is 1.29 bits per heavy atom. The number of benzene rings is 1. The van der Waals surface area contributed by atoms with E-state index in [1.54, 1.807) is 19.0 Å². The Balaban J connectivity index is 2.29. The molecule has 0 aromatic heterocycles. The zero-order valence-electron chi connectivity index (χ0n) is 13.7. The molecule has 1 N–H and O–H groups in total. The quantitative estimate of drug-likeness (QED) is 0.711. The van der Waals surface area contributed by atoms with Crippen LogP contribution in [0.1, 0.15) is 32.3 Å². The van der Waals surface area contributed by atoms with Crippen molar-refractivity contribution in [1.82, 2.24) is 10.2 Å². The minimum Gasteiger partial charge on any atom is -0.494 e. The van der Waals surface area contributed by atoms with Gasteiger partial charge in [-0.05, 0) is 44.0 Å². The molecule has 1 aromatic carbocycles. The van der Waals surface area contributed by atoms with E-state index in [9.17, 15) is 4.79 Å². The van der Waals surface area contributed by atoms with Gasteiger partial charge in [-0.1, -0.05) is 19.1 Å². The molecule has 118 valence electrons. The Morgan fingerprint density at radius 2 is 1.95 bits per heavy atom. The van der Waals surface area contributed by atoms with Crippen molar-refractivity contribution in [2.75, 3.05) is 27.2 Å². The summed E-state index contributed by atoms with van der Waals surface area (Å²) in [5.74, 6) is 1.01. The van der Waals surface area contributed by atoms with Crippen molar-refractivity contribution in [2.24, 2.45) is 0 Å². The third-order valence-electron chi connectivity index (χ3n) is 3.32. The van der Waals surface area contributed by atoms with Crippen LogP contribution in [0, 0.1) is 0 Å². The first-order chi connectivity index (χ1) is 10.0. The molecule has 0 fully saturated rings. The molecular formula is C17H28N2O2. The van der Waals surface area contributed by atoms with Crippen molar-refractivity contribution >= 4 is 5.91 Å². The molecule has 0 saturated heterocycles. The van der Waals surface area contributed by atoms with Gasteiger partial charge in [0.05, 0.1) is 6.61 Å². The molecule has 4 nitrogen and oxygen atoms in total. The Labute approximate surface area is 128 Å². The highest BCUT2D eigenvalue weighted by atomic mass is 16.5. The SMILES string of the molecule is CCNC(C)Cc1ccc(OCCCC(=O)N(C)C)cc1. The standard InChI is InChI=1S/C17H28N2O2/c1-5-18-14(2)13-15-8-10-16(11-9-15)21-12-6-7-17(20)19(3)4/h8-11,14,18H,5-7,12-13H2,1-4H3. The van der Waals surface area contributed by atoms with Gasteiger partial charge in [0.25, 0.3) is 0 Å². The van der Waals surface area contributed by atoms with E-state index in [2.05, 4.69) is 31.3 Å². The Kier molecular flexibility index (Phi) is 7.83. The van der Waals surface area contributed by atoms with E-state index in [1.165, 1.54) is 5.56 Å². The molecule has 0 aliphatic carbocycles. The molecule has 21 heavy (non-hydrogen) atoms. The highest BCUT2D eigenvalue weighted by Gasteiger charge is 2.04. The molecule has 0 aliphatic rings. The maximum absolute atomic E-state index is 11.4. The molecule has 1 unspecified atom stereocenters. The fourth-order valence-electron chi connectivity index (χ4n) is 2.13. The normalized spacial score (nSPS) is 12.0. The van der Waals surface area contributed by atoms with Crippen LogP contribution >= 0.6 is 0 Å². The Bertz CT molecular complexity index is 415. The molecule has 1 rings (SSSR count). The zero-order chi connectivity index (χ0) is 15.7. The van der Waals surface area contributed by atoms with Crippen LogP contribution in [0.4, 0.5) is 0 Å². The lowest BCUT2D eigenvalue weighted by atomic mass is 10.1. The summed E-state index contributed by atoms with van der Waals surface area (Å²) >= 11 is 0. The lowest BCUT2D eigenvalue weighted by Crippen LogP contribution is -2.27. The van der Waals surface area contributed by atoms with E-state index in [0.717, 1.165) is 25.1 Å². The van der Waals surface area contributed by atoms with Crippen LogP contribution in [0.15, 0.2) is 24.3 Å². The summed E-state index contributed by atoms with van der Waals surface area (Å²) in [6.07, 6.45) is 2.30. The summed E-state index contributed by atoms with van der Waals surface area (Å²) in [6, 6.07) is 8.70. The van der Waals surface area contributed by atoms with Crippen molar-refractivity contribution < 1.29 is 9.53 Å². The number of nitrogens with zero attached hydrogens (tertiary/aromatic N) is 1. The molecule has 0 aliphatic heterocycles. The van der Waals surface area contributed by atoms with Gasteiger partial charge in [-0.2, -0.15) is 0 Å². The molecule has 1 atom stereocenters. The number of carbonyl (C=O) groups is 1. The van der Waals surface area contributed by atoms with Gasteiger partial charge >= 0.3 is 0 Å². The molecule has 0 heterocycles. The minimum atomic E-state index is 0.145. The van der Waals surface area contributed by atoms with Crippen molar-refractivity contribution in [3.05, 3.63) is 29.8 Å². The van der Waals surface area contributed by atoms with Gasteiger partial charge in [-0.25, -0.2) is 0 Å². The van der Waals surface area contributed by atoms with Crippen LogP contribution in [-0.4, -0.2) is 44.1 Å². The molecular weight excluding hydrogens is 264 g/mol. The molecule has 0 radical (unpaired) electrons. The summed E-state index contributed by atoms with van der Waals surface area (Å²) in [4.78, 5) is 13.0. The summed E-state index contributed by atoms with van der Waals surface area (Å²) in [7, 11) is 3.55. The van der Waals surface area contributed by atoms with Crippen LogP contribution in [0.3, 0.4) is 0 Å². The van der Waals surface area contributed by atoms with Crippen molar-refractivity contribution in [3.63, 3.8) is 0 Å². The number of hydrogen-bond acceptors (Lipinski definition) is 3. The van der Waals surface area contributed by atoms with E-state index >= 15 is 0 Å². The topological polar surface area (TPSA) is 41.6 Å². The number of rotatable bonds is 9. The monoisotopic (exact) mass is 292 g/mol. The maximum atomic E-state index is 11.4. The summed E-state index contributed by atoms with van der Waals surface area (Å²) in [5, 5.41) is 3.40. The summed E-state index contributed by atoms with van der Waals surface area (Å²) in [6.45, 7) is 5.88. The highest BCUT2D eigenvalue weighted by Crippen LogP contribution is 2.14. The average Bonchev–Trinajstić information content (AvgIpc) is 2.45. The Morgan fingerprint density at radius 3 is 2.52 bits per heavy atom. The van der Waals surface area contributed by atoms with E-state index in [0.29, 0.717) is 19.1 Å². The molecule has 4 heteroatoms. The third kappa shape index (κ3) is 7.14. The van der Waals surface area contributed by atoms with E-state index in [-0.39, 0.29) is 5.91 Å². The van der Waals surface area contributed by atoms with Crippen LogP contribution in [0.25, 0.3) is 0 Å². The first kappa shape index (κ1) is 17.5. The molecule has 1 aromatic rings. The van der Waals surface area contributed by atoms with Gasteiger partial charge in [-0.15, -0.1) is 0 Å². The number of nitrogens with one attached hydrogen (secondary N) is 1. The van der Waals surface area contributed by atoms with Crippen LogP contribution < -0.4 is 10.1 Å². The van der Waals surface area contributed by atoms with Gasteiger partial charge < -0.3 is 15.0 Å². The first-order valence-electron chi connectivity index (χ1n) is 7.68. The second kappa shape index (κ2) is 9.40. The van der Waals surface area contributed by atoms with Crippen molar-refractivity contribution in [3.8, 4) is 5.75 Å². The predicted molar refractivity (Wildman–Crippen MR) is 86.7 cm³/mol. The number of ether oxygens (including phenoxy) is 1. The second-order valence-corrected chi connectivity index (χ2v) is 5.55. The molecule has 0 bridgehead atoms. The minimum absolute atomic E-state index is 0.145. The number of amides is 1. The Hall–Kier alpha value is -1.55. The molecule has 0 saturated carbocycles. The van der Waals surface area contributed by atoms with E-state index in [4.69, 9.17) is 4.74 Å². The van der Waals surface area contributed by atoms with E-state index < -0.39 is 0 Å². The number of likely N-dealkylation sites (N-methyl/N-ethyl adjacent to an activating group) is 1. The lowest BCUT2D eigenvalue weighted by Gasteiger charge is -2.13. The highest BCUT2D eigenvalue weighted by molar-refractivity contribution is 5.75. The van der Waals surface area contributed by atoms with Gasteiger partial charge in [0, 0.05) is 26.6 Å². The van der Waals surface area contributed by atoms with Crippen molar-refractivity contribution in [1.29, 1.82) is 0 Å². The second-order valence-electron chi connectivity index (χ2n) is 5.55. The largest absolute Gasteiger partial charge is 0.494 e. The fourth-order valence-corrected chi connectivity index (χ4v) is 2.13. The van der Waals surface area contributed by atoms with Gasteiger partial charge in [-0.3, -0.25) is 4.79 Å². The summed E-state index contributed by atoms with van der Waals surface area (Å²) in [5.41, 5.74) is 1.30. The van der Waals surface area contributed by atoms with Crippen LogP contribution in [-0.2, 0) is 11.2 Å². The van der Waals surface area contributed by atoms with Crippen LogP contribution in [0.2, 0.25) is 0 Å². The average molecular weight is 292 g/mol. The first-order valence-corrected chi connectivity index (χ1v) is 7.68. The van der Waals surface area contributed by atoms with Gasteiger partial charge in [0.2, 0.25) is 5.91 Å².